The Morgan fingerprint density at radius 2 is 0.911 bits per heavy atom. The lowest BCUT2D eigenvalue weighted by atomic mass is 10.0. The molecular formula is C51H71N5. The highest BCUT2D eigenvalue weighted by Gasteiger charge is 2.25. The molecule has 0 saturated heterocycles. The van der Waals surface area contributed by atoms with Crippen LogP contribution in [0.15, 0.2) is 109 Å². The van der Waals surface area contributed by atoms with Gasteiger partial charge in [0.1, 0.15) is 5.82 Å². The van der Waals surface area contributed by atoms with Crippen molar-refractivity contribution in [3.8, 4) is 0 Å². The van der Waals surface area contributed by atoms with Crippen molar-refractivity contribution in [1.29, 1.82) is 0 Å². The normalized spacial score (nSPS) is 13.0. The number of allylic oxidation sites excluding steroid dienone is 2. The van der Waals surface area contributed by atoms with E-state index in [9.17, 15) is 0 Å². The Kier molecular flexibility index (Phi) is 16.6. The zero-order valence-electron chi connectivity index (χ0n) is 36.1. The predicted molar refractivity (Wildman–Crippen MR) is 241 cm³/mol. The predicted octanol–water partition coefficient (Wildman–Crippen LogP) is 14.0. The standard InChI is InChI=1S/C51H71N5/c1-39(2)14-9-18-43-23-29-47(30-24-43)55(50-33-27-45(36-52-50)20-11-16-41(5)6)49-22-13-35-54(38-49)56(48-31-25-44(26-32-48)19-10-15-40(3)4)51-34-28-46(37-53-51)21-12-17-42(7)8/h13,22-37,39-42H,9-12,14-21,38H2,1-8H3. The summed E-state index contributed by atoms with van der Waals surface area (Å²) in [4.78, 5) is 12.6. The van der Waals surface area contributed by atoms with Crippen LogP contribution in [0.4, 0.5) is 23.0 Å². The fourth-order valence-corrected chi connectivity index (χ4v) is 7.52. The van der Waals surface area contributed by atoms with Gasteiger partial charge in [-0.3, -0.25) is 9.91 Å². The van der Waals surface area contributed by atoms with Crippen LogP contribution in [-0.2, 0) is 25.7 Å². The van der Waals surface area contributed by atoms with E-state index < -0.39 is 0 Å². The molecule has 0 amide bonds. The van der Waals surface area contributed by atoms with Crippen LogP contribution in [0.2, 0.25) is 0 Å². The van der Waals surface area contributed by atoms with Gasteiger partial charge >= 0.3 is 0 Å². The third-order valence-electron chi connectivity index (χ3n) is 10.8. The summed E-state index contributed by atoms with van der Waals surface area (Å²) in [5.41, 5.74) is 8.74. The minimum atomic E-state index is 0.651. The second-order valence-electron chi connectivity index (χ2n) is 17.8. The Morgan fingerprint density at radius 3 is 1.34 bits per heavy atom. The van der Waals surface area contributed by atoms with Gasteiger partial charge in [0.25, 0.3) is 0 Å². The number of rotatable bonds is 22. The number of hydrazine groups is 1. The lowest BCUT2D eigenvalue weighted by Gasteiger charge is -2.39. The van der Waals surface area contributed by atoms with Gasteiger partial charge in [0.2, 0.25) is 0 Å². The average Bonchev–Trinajstić information content (AvgIpc) is 3.17. The van der Waals surface area contributed by atoms with E-state index in [4.69, 9.17) is 9.97 Å². The van der Waals surface area contributed by atoms with Crippen LogP contribution < -0.4 is 9.91 Å². The third-order valence-corrected chi connectivity index (χ3v) is 10.8. The molecule has 2 aromatic carbocycles. The Balaban J connectivity index is 1.44. The van der Waals surface area contributed by atoms with Gasteiger partial charge in [-0.1, -0.05) is 117 Å². The number of aromatic nitrogens is 2. The van der Waals surface area contributed by atoms with Crippen LogP contribution in [0.25, 0.3) is 0 Å². The molecule has 0 aliphatic carbocycles. The molecule has 3 heterocycles. The van der Waals surface area contributed by atoms with E-state index in [0.717, 1.165) is 72.1 Å². The van der Waals surface area contributed by atoms with E-state index in [2.05, 4.69) is 174 Å². The van der Waals surface area contributed by atoms with Gasteiger partial charge in [0.15, 0.2) is 5.82 Å². The monoisotopic (exact) mass is 754 g/mol. The van der Waals surface area contributed by atoms with Crippen LogP contribution in [0.5, 0.6) is 0 Å². The highest BCUT2D eigenvalue weighted by molar-refractivity contribution is 5.67. The number of benzene rings is 2. The third kappa shape index (κ3) is 13.4. The first kappa shape index (κ1) is 42.8. The van der Waals surface area contributed by atoms with E-state index in [0.29, 0.717) is 12.5 Å². The van der Waals surface area contributed by atoms with Gasteiger partial charge in [0.05, 0.1) is 12.2 Å². The molecule has 5 nitrogen and oxygen atoms in total. The molecule has 0 fully saturated rings. The summed E-state index contributed by atoms with van der Waals surface area (Å²) in [6.45, 7) is 19.1. The van der Waals surface area contributed by atoms with Crippen LogP contribution in [0.3, 0.4) is 0 Å². The Bertz CT molecular complexity index is 1650. The highest BCUT2D eigenvalue weighted by Crippen LogP contribution is 2.34. The molecule has 0 spiro atoms. The summed E-state index contributed by atoms with van der Waals surface area (Å²) in [5, 5.41) is 4.58. The maximum Gasteiger partial charge on any atom is 0.151 e. The van der Waals surface area contributed by atoms with Crippen LogP contribution in [0.1, 0.15) is 129 Å². The van der Waals surface area contributed by atoms with E-state index >= 15 is 0 Å². The first-order valence-electron chi connectivity index (χ1n) is 21.9. The summed E-state index contributed by atoms with van der Waals surface area (Å²) in [7, 11) is 0. The Hall–Kier alpha value is -4.38. The lowest BCUT2D eigenvalue weighted by Crippen LogP contribution is -2.40. The van der Waals surface area contributed by atoms with Gasteiger partial charge in [-0.2, -0.15) is 0 Å². The second kappa shape index (κ2) is 21.8. The van der Waals surface area contributed by atoms with Crippen molar-refractivity contribution in [3.63, 3.8) is 0 Å². The zero-order chi connectivity index (χ0) is 39.9. The molecule has 5 rings (SSSR count). The van der Waals surface area contributed by atoms with Gasteiger partial charge in [-0.05, 0) is 146 Å². The highest BCUT2D eigenvalue weighted by atomic mass is 15.6. The van der Waals surface area contributed by atoms with Crippen molar-refractivity contribution in [2.75, 3.05) is 16.5 Å². The van der Waals surface area contributed by atoms with E-state index in [1.807, 2.05) is 0 Å². The number of nitrogens with zero attached hydrogens (tertiary/aromatic N) is 5. The van der Waals surface area contributed by atoms with Crippen LogP contribution >= 0.6 is 0 Å². The largest absolute Gasteiger partial charge is 0.297 e. The van der Waals surface area contributed by atoms with E-state index in [1.165, 1.54) is 73.6 Å². The van der Waals surface area contributed by atoms with Crippen molar-refractivity contribution in [2.24, 2.45) is 23.7 Å². The van der Waals surface area contributed by atoms with Crippen molar-refractivity contribution in [3.05, 3.63) is 131 Å². The van der Waals surface area contributed by atoms with E-state index in [-0.39, 0.29) is 0 Å². The van der Waals surface area contributed by atoms with Crippen molar-refractivity contribution >= 4 is 23.0 Å². The van der Waals surface area contributed by atoms with Crippen LogP contribution in [0, 0.1) is 23.7 Å². The summed E-state index contributed by atoms with van der Waals surface area (Å²) in [6.07, 6.45) is 24.9. The van der Waals surface area contributed by atoms with Gasteiger partial charge in [-0.25, -0.2) is 15.0 Å². The Morgan fingerprint density at radius 1 is 0.500 bits per heavy atom. The second-order valence-corrected chi connectivity index (χ2v) is 17.8. The van der Waals surface area contributed by atoms with Crippen molar-refractivity contribution < 1.29 is 0 Å². The fraction of sp³-hybridized carbons (Fsp3) is 0.490. The minimum Gasteiger partial charge on any atom is -0.297 e. The number of hydrogen-bond acceptors (Lipinski definition) is 5. The van der Waals surface area contributed by atoms with Gasteiger partial charge in [-0.15, -0.1) is 0 Å². The molecule has 0 saturated carbocycles. The first-order valence-corrected chi connectivity index (χ1v) is 21.9. The molecule has 0 atom stereocenters. The Labute approximate surface area is 340 Å². The smallest absolute Gasteiger partial charge is 0.151 e. The molecular weight excluding hydrogens is 683 g/mol. The number of aryl methyl sites for hydroxylation is 4. The van der Waals surface area contributed by atoms with E-state index in [1.54, 1.807) is 0 Å². The average molecular weight is 754 g/mol. The molecule has 4 aromatic rings. The molecule has 1 aliphatic rings. The molecule has 2 aromatic heterocycles. The molecule has 0 N–H and O–H groups in total. The summed E-state index contributed by atoms with van der Waals surface area (Å²) in [6, 6.07) is 27.3. The summed E-state index contributed by atoms with van der Waals surface area (Å²) < 4.78 is 0. The molecule has 0 bridgehead atoms. The van der Waals surface area contributed by atoms with Gasteiger partial charge < -0.3 is 0 Å². The number of hydrogen-bond donors (Lipinski definition) is 0. The summed E-state index contributed by atoms with van der Waals surface area (Å²) >= 11 is 0. The number of pyridine rings is 2. The van der Waals surface area contributed by atoms with Crippen LogP contribution in [-0.4, -0.2) is 21.5 Å². The molecule has 0 radical (unpaired) electrons. The lowest BCUT2D eigenvalue weighted by molar-refractivity contribution is 0.404. The first-order chi connectivity index (χ1) is 27.0. The summed E-state index contributed by atoms with van der Waals surface area (Å²) in [5.74, 6) is 4.75. The minimum absolute atomic E-state index is 0.651. The number of anilines is 4. The quantitative estimate of drug-likeness (QED) is 0.0798. The maximum absolute atomic E-state index is 5.11. The SMILES string of the molecule is CC(C)CCCc1ccc(N(C2=CC=CN(N(c3ccc(CCCC(C)C)cc3)c3ccc(CCCC(C)C)cn3)C2)c2ccc(CCCC(C)C)cn2)cc1. The molecule has 1 aliphatic heterocycles. The molecule has 300 valence electrons. The fourth-order valence-electron chi connectivity index (χ4n) is 7.52. The zero-order valence-corrected chi connectivity index (χ0v) is 36.1. The van der Waals surface area contributed by atoms with Crippen molar-refractivity contribution in [1.82, 2.24) is 15.0 Å². The molecule has 56 heavy (non-hydrogen) atoms. The maximum atomic E-state index is 5.11. The molecule has 0 unspecified atom stereocenters. The van der Waals surface area contributed by atoms with Gasteiger partial charge in [0, 0.05) is 30.0 Å². The topological polar surface area (TPSA) is 35.5 Å². The molecule has 5 heteroatoms. The van der Waals surface area contributed by atoms with Crippen molar-refractivity contribution in [2.45, 2.75) is 132 Å².